The van der Waals surface area contributed by atoms with Crippen LogP contribution in [0.2, 0.25) is 0 Å². The van der Waals surface area contributed by atoms with Gasteiger partial charge in [0.1, 0.15) is 0 Å². The van der Waals surface area contributed by atoms with E-state index in [1.807, 2.05) is 4.90 Å². The minimum Gasteiger partial charge on any atom is -0.340 e. The van der Waals surface area contributed by atoms with E-state index in [0.29, 0.717) is 0 Å². The number of carbonyl (C=O) groups is 1. The fourth-order valence-corrected chi connectivity index (χ4v) is 2.76. The third-order valence-corrected chi connectivity index (χ3v) is 4.43. The Kier molecular flexibility index (Phi) is 4.81. The van der Waals surface area contributed by atoms with Gasteiger partial charge in [-0.15, -0.1) is 0 Å². The Balaban J connectivity index is 1.82. The summed E-state index contributed by atoms with van der Waals surface area (Å²) in [6.45, 7) is 11.2. The highest BCUT2D eigenvalue weighted by molar-refractivity contribution is 5.73. The van der Waals surface area contributed by atoms with Gasteiger partial charge in [0.05, 0.1) is 0 Å². The maximum Gasteiger partial charge on any atom is 0.219 e. The largest absolute Gasteiger partial charge is 0.340 e. The quantitative estimate of drug-likeness (QED) is 0.842. The fourth-order valence-electron chi connectivity index (χ4n) is 2.76. The van der Waals surface area contributed by atoms with Crippen LogP contribution in [0.15, 0.2) is 30.3 Å². The van der Waals surface area contributed by atoms with E-state index in [-0.39, 0.29) is 11.3 Å². The third kappa shape index (κ3) is 3.83. The summed E-state index contributed by atoms with van der Waals surface area (Å²) in [5, 5.41) is 0. The van der Waals surface area contributed by atoms with Crippen LogP contribution in [0, 0.1) is 0 Å². The Bertz CT molecular complexity index is 434. The molecule has 3 nitrogen and oxygen atoms in total. The van der Waals surface area contributed by atoms with Crippen LogP contribution in [-0.2, 0) is 10.2 Å². The van der Waals surface area contributed by atoms with Crippen molar-refractivity contribution >= 4 is 5.91 Å². The van der Waals surface area contributed by atoms with Crippen LogP contribution in [0.3, 0.4) is 0 Å². The van der Waals surface area contributed by atoms with Gasteiger partial charge in [-0.1, -0.05) is 44.2 Å². The highest BCUT2D eigenvalue weighted by Crippen LogP contribution is 2.27. The van der Waals surface area contributed by atoms with E-state index in [2.05, 4.69) is 49.1 Å². The van der Waals surface area contributed by atoms with Crippen molar-refractivity contribution < 1.29 is 4.79 Å². The van der Waals surface area contributed by atoms with Gasteiger partial charge < -0.3 is 4.90 Å². The van der Waals surface area contributed by atoms with E-state index in [4.69, 9.17) is 0 Å². The molecule has 0 aliphatic carbocycles. The van der Waals surface area contributed by atoms with Crippen LogP contribution in [0.1, 0.15) is 32.8 Å². The van der Waals surface area contributed by atoms with Gasteiger partial charge >= 0.3 is 0 Å². The van der Waals surface area contributed by atoms with Gasteiger partial charge in [0.2, 0.25) is 5.91 Å². The smallest absolute Gasteiger partial charge is 0.219 e. The predicted octanol–water partition coefficient (Wildman–Crippen LogP) is 2.52. The molecule has 1 aromatic carbocycles. The molecule has 0 unspecified atom stereocenters. The van der Waals surface area contributed by atoms with Crippen molar-refractivity contribution in [3.05, 3.63) is 35.9 Å². The second-order valence-electron chi connectivity index (χ2n) is 6.35. The Morgan fingerprint density at radius 1 is 1.10 bits per heavy atom. The van der Waals surface area contributed by atoms with Crippen molar-refractivity contribution in [3.63, 3.8) is 0 Å². The highest BCUT2D eigenvalue weighted by Gasteiger charge is 2.23. The first-order valence-corrected chi connectivity index (χ1v) is 7.52. The summed E-state index contributed by atoms with van der Waals surface area (Å²) in [4.78, 5) is 15.7. The Morgan fingerprint density at radius 3 is 2.25 bits per heavy atom. The molecular formula is C17H26N2O. The van der Waals surface area contributed by atoms with Crippen LogP contribution in [0.4, 0.5) is 0 Å². The molecule has 0 aromatic heterocycles. The summed E-state index contributed by atoms with van der Waals surface area (Å²) in [5.74, 6) is 0.203. The topological polar surface area (TPSA) is 23.6 Å². The molecule has 0 radical (unpaired) electrons. The molecule has 1 fully saturated rings. The monoisotopic (exact) mass is 274 g/mol. The number of rotatable bonds is 4. The maximum atomic E-state index is 11.3. The second-order valence-corrected chi connectivity index (χ2v) is 6.35. The van der Waals surface area contributed by atoms with Gasteiger partial charge in [-0.05, 0) is 23.9 Å². The maximum absolute atomic E-state index is 11.3. The molecule has 0 spiro atoms. The van der Waals surface area contributed by atoms with E-state index in [0.717, 1.165) is 39.1 Å². The average molecular weight is 274 g/mol. The first-order valence-electron chi connectivity index (χ1n) is 7.52. The number of hydrogen-bond acceptors (Lipinski definition) is 2. The molecule has 1 aliphatic heterocycles. The summed E-state index contributed by atoms with van der Waals surface area (Å²) >= 11 is 0. The normalized spacial score (nSPS) is 17.2. The van der Waals surface area contributed by atoms with Crippen LogP contribution in [0.25, 0.3) is 0 Å². The van der Waals surface area contributed by atoms with Crippen molar-refractivity contribution in [2.75, 3.05) is 32.7 Å². The molecule has 1 aromatic rings. The van der Waals surface area contributed by atoms with Gasteiger partial charge in [-0.3, -0.25) is 9.69 Å². The van der Waals surface area contributed by atoms with E-state index in [1.54, 1.807) is 6.92 Å². The molecular weight excluding hydrogens is 248 g/mol. The van der Waals surface area contributed by atoms with Gasteiger partial charge in [0.15, 0.2) is 0 Å². The van der Waals surface area contributed by atoms with Crippen molar-refractivity contribution in [3.8, 4) is 0 Å². The second kappa shape index (κ2) is 6.40. The fraction of sp³-hybridized carbons (Fsp3) is 0.588. The first kappa shape index (κ1) is 15.0. The van der Waals surface area contributed by atoms with Gasteiger partial charge in [0, 0.05) is 33.1 Å². The highest BCUT2D eigenvalue weighted by atomic mass is 16.2. The Labute approximate surface area is 122 Å². The van der Waals surface area contributed by atoms with Crippen LogP contribution >= 0.6 is 0 Å². The third-order valence-electron chi connectivity index (χ3n) is 4.43. The summed E-state index contributed by atoms with van der Waals surface area (Å²) in [5.41, 5.74) is 1.61. The summed E-state index contributed by atoms with van der Waals surface area (Å²) in [6, 6.07) is 10.7. The van der Waals surface area contributed by atoms with Gasteiger partial charge in [-0.2, -0.15) is 0 Å². The molecule has 2 rings (SSSR count). The van der Waals surface area contributed by atoms with Crippen molar-refractivity contribution in [2.24, 2.45) is 0 Å². The molecule has 1 heterocycles. The van der Waals surface area contributed by atoms with Gasteiger partial charge in [-0.25, -0.2) is 0 Å². The molecule has 1 amide bonds. The van der Waals surface area contributed by atoms with E-state index < -0.39 is 0 Å². The lowest BCUT2D eigenvalue weighted by Crippen LogP contribution is -2.48. The molecule has 3 heteroatoms. The average Bonchev–Trinajstić information content (AvgIpc) is 2.46. The van der Waals surface area contributed by atoms with Gasteiger partial charge in [0.25, 0.3) is 0 Å². The standard InChI is InChI=1S/C17H26N2O/c1-15(20)19-13-11-18(12-14-19)10-9-17(2,3)16-7-5-4-6-8-16/h4-8H,9-14H2,1-3H3. The number of amides is 1. The molecule has 110 valence electrons. The zero-order chi connectivity index (χ0) is 14.6. The summed E-state index contributed by atoms with van der Waals surface area (Å²) in [7, 11) is 0. The molecule has 1 saturated heterocycles. The van der Waals surface area contributed by atoms with Crippen LogP contribution < -0.4 is 0 Å². The molecule has 0 bridgehead atoms. The molecule has 1 aliphatic rings. The van der Waals surface area contributed by atoms with Crippen molar-refractivity contribution in [1.29, 1.82) is 0 Å². The number of piperazine rings is 1. The van der Waals surface area contributed by atoms with Crippen molar-refractivity contribution in [1.82, 2.24) is 9.80 Å². The summed E-state index contributed by atoms with van der Waals surface area (Å²) < 4.78 is 0. The number of hydrogen-bond donors (Lipinski definition) is 0. The molecule has 0 atom stereocenters. The lowest BCUT2D eigenvalue weighted by atomic mass is 9.81. The zero-order valence-corrected chi connectivity index (χ0v) is 12.9. The minimum absolute atomic E-state index is 0.203. The first-order chi connectivity index (χ1) is 9.49. The predicted molar refractivity (Wildman–Crippen MR) is 82.8 cm³/mol. The number of nitrogens with zero attached hydrogens (tertiary/aromatic N) is 2. The van der Waals surface area contributed by atoms with Crippen LogP contribution in [-0.4, -0.2) is 48.4 Å². The van der Waals surface area contributed by atoms with E-state index >= 15 is 0 Å². The van der Waals surface area contributed by atoms with Crippen molar-refractivity contribution in [2.45, 2.75) is 32.6 Å². The molecule has 0 saturated carbocycles. The lowest BCUT2D eigenvalue weighted by molar-refractivity contribution is -0.130. The lowest BCUT2D eigenvalue weighted by Gasteiger charge is -2.36. The number of carbonyl (C=O) groups excluding carboxylic acids is 1. The molecule has 0 N–H and O–H groups in total. The van der Waals surface area contributed by atoms with E-state index in [9.17, 15) is 4.79 Å². The Hall–Kier alpha value is -1.35. The van der Waals surface area contributed by atoms with E-state index in [1.165, 1.54) is 5.56 Å². The SMILES string of the molecule is CC(=O)N1CCN(CCC(C)(C)c2ccccc2)CC1. The summed E-state index contributed by atoms with van der Waals surface area (Å²) in [6.07, 6.45) is 1.15. The molecule has 20 heavy (non-hydrogen) atoms. The number of benzene rings is 1. The minimum atomic E-state index is 0.203. The zero-order valence-electron chi connectivity index (χ0n) is 12.9. The van der Waals surface area contributed by atoms with Crippen LogP contribution in [0.5, 0.6) is 0 Å². The Morgan fingerprint density at radius 2 is 1.70 bits per heavy atom.